The van der Waals surface area contributed by atoms with E-state index in [9.17, 15) is 9.59 Å². The number of thioether (sulfide) groups is 1. The maximum Gasteiger partial charge on any atom is 0.337 e. The van der Waals surface area contributed by atoms with E-state index in [0.717, 1.165) is 5.56 Å². The van der Waals surface area contributed by atoms with E-state index in [2.05, 4.69) is 10.1 Å². The highest BCUT2D eigenvalue weighted by Gasteiger charge is 2.08. The standard InChI is InChI=1S/C17H16ClNO3S/c1-22-17(21)12-6-4-7-14(9-12)19-16(20)11-23-10-13-5-2-3-8-15(13)18/h2-9H,10-11H2,1H3,(H,19,20). The Bertz CT molecular complexity index is 706. The summed E-state index contributed by atoms with van der Waals surface area (Å²) in [7, 11) is 1.32. The van der Waals surface area contributed by atoms with Gasteiger partial charge in [0, 0.05) is 16.5 Å². The molecule has 0 heterocycles. The fourth-order valence-corrected chi connectivity index (χ4v) is 3.02. The number of halogens is 1. The zero-order valence-corrected chi connectivity index (χ0v) is 14.1. The molecule has 0 fully saturated rings. The number of esters is 1. The molecule has 0 radical (unpaired) electrons. The van der Waals surface area contributed by atoms with Gasteiger partial charge in [-0.05, 0) is 29.8 Å². The van der Waals surface area contributed by atoms with Gasteiger partial charge >= 0.3 is 5.97 Å². The summed E-state index contributed by atoms with van der Waals surface area (Å²) in [4.78, 5) is 23.4. The molecule has 0 aliphatic rings. The second-order valence-electron chi connectivity index (χ2n) is 4.70. The molecule has 6 heteroatoms. The van der Waals surface area contributed by atoms with E-state index in [4.69, 9.17) is 11.6 Å². The van der Waals surface area contributed by atoms with Gasteiger partial charge in [0.05, 0.1) is 18.4 Å². The molecule has 0 spiro atoms. The monoisotopic (exact) mass is 349 g/mol. The third-order valence-electron chi connectivity index (χ3n) is 3.02. The number of methoxy groups -OCH3 is 1. The lowest BCUT2D eigenvalue weighted by atomic mass is 10.2. The lowest BCUT2D eigenvalue weighted by Crippen LogP contribution is -2.14. The van der Waals surface area contributed by atoms with Crippen molar-refractivity contribution in [1.29, 1.82) is 0 Å². The van der Waals surface area contributed by atoms with Crippen LogP contribution in [0.2, 0.25) is 5.02 Å². The first kappa shape index (κ1) is 17.4. The summed E-state index contributed by atoms with van der Waals surface area (Å²) >= 11 is 7.55. The number of carbonyl (C=O) groups excluding carboxylic acids is 2. The maximum absolute atomic E-state index is 12.0. The van der Waals surface area contributed by atoms with E-state index in [0.29, 0.717) is 27.8 Å². The minimum Gasteiger partial charge on any atom is -0.465 e. The summed E-state index contributed by atoms with van der Waals surface area (Å²) < 4.78 is 4.65. The molecule has 2 aromatic rings. The van der Waals surface area contributed by atoms with Crippen LogP contribution in [0.15, 0.2) is 48.5 Å². The van der Waals surface area contributed by atoms with Gasteiger partial charge in [-0.15, -0.1) is 11.8 Å². The van der Waals surface area contributed by atoms with E-state index in [1.54, 1.807) is 24.3 Å². The van der Waals surface area contributed by atoms with Crippen molar-refractivity contribution < 1.29 is 14.3 Å². The molecule has 0 saturated heterocycles. The van der Waals surface area contributed by atoms with Gasteiger partial charge in [-0.25, -0.2) is 4.79 Å². The number of benzene rings is 2. The van der Waals surface area contributed by atoms with Crippen LogP contribution < -0.4 is 5.32 Å². The van der Waals surface area contributed by atoms with Gasteiger partial charge in [-0.3, -0.25) is 4.79 Å². The van der Waals surface area contributed by atoms with E-state index < -0.39 is 5.97 Å². The van der Waals surface area contributed by atoms with Crippen LogP contribution >= 0.6 is 23.4 Å². The quantitative estimate of drug-likeness (QED) is 0.801. The molecular formula is C17H16ClNO3S. The fraction of sp³-hybridized carbons (Fsp3) is 0.176. The van der Waals surface area contributed by atoms with Crippen LogP contribution in [0.1, 0.15) is 15.9 Å². The number of ether oxygens (including phenoxy) is 1. The number of hydrogen-bond donors (Lipinski definition) is 1. The lowest BCUT2D eigenvalue weighted by molar-refractivity contribution is -0.113. The largest absolute Gasteiger partial charge is 0.465 e. The minimum absolute atomic E-state index is 0.135. The highest BCUT2D eigenvalue weighted by molar-refractivity contribution is 7.99. The SMILES string of the molecule is COC(=O)c1cccc(NC(=O)CSCc2ccccc2Cl)c1. The number of carbonyl (C=O) groups is 2. The summed E-state index contributed by atoms with van der Waals surface area (Å²) in [5.41, 5.74) is 1.96. The summed E-state index contributed by atoms with van der Waals surface area (Å²) in [6, 6.07) is 14.2. The first-order chi connectivity index (χ1) is 11.1. The Balaban J connectivity index is 1.85. The topological polar surface area (TPSA) is 55.4 Å². The predicted octanol–water partition coefficient (Wildman–Crippen LogP) is 4.00. The normalized spacial score (nSPS) is 10.2. The van der Waals surface area contributed by atoms with Gasteiger partial charge in [0.1, 0.15) is 0 Å². The average Bonchev–Trinajstić information content (AvgIpc) is 2.56. The number of nitrogens with one attached hydrogen (secondary N) is 1. The van der Waals surface area contributed by atoms with Gasteiger partial charge in [0.15, 0.2) is 0 Å². The van der Waals surface area contributed by atoms with Crippen LogP contribution in [0.5, 0.6) is 0 Å². The van der Waals surface area contributed by atoms with Gasteiger partial charge in [0.25, 0.3) is 0 Å². The Morgan fingerprint density at radius 2 is 1.96 bits per heavy atom. The molecule has 0 aliphatic heterocycles. The average molecular weight is 350 g/mol. The molecule has 23 heavy (non-hydrogen) atoms. The van der Waals surface area contributed by atoms with Gasteiger partial charge < -0.3 is 10.1 Å². The Morgan fingerprint density at radius 1 is 1.17 bits per heavy atom. The molecule has 120 valence electrons. The molecule has 1 amide bonds. The van der Waals surface area contributed by atoms with Crippen LogP contribution in [0, 0.1) is 0 Å². The summed E-state index contributed by atoms with van der Waals surface area (Å²) in [6.07, 6.45) is 0. The first-order valence-electron chi connectivity index (χ1n) is 6.89. The third kappa shape index (κ3) is 5.30. The molecule has 0 atom stereocenters. The zero-order chi connectivity index (χ0) is 16.7. The molecule has 2 aromatic carbocycles. The van der Waals surface area contributed by atoms with Crippen LogP contribution in [0.4, 0.5) is 5.69 Å². The molecule has 4 nitrogen and oxygen atoms in total. The Labute approximate surface area is 144 Å². The van der Waals surface area contributed by atoms with Gasteiger partial charge in [-0.2, -0.15) is 0 Å². The van der Waals surface area contributed by atoms with Crippen molar-refractivity contribution >= 4 is 40.9 Å². The molecule has 0 saturated carbocycles. The van der Waals surface area contributed by atoms with Crippen molar-refractivity contribution in [3.8, 4) is 0 Å². The van der Waals surface area contributed by atoms with Crippen LogP contribution in [0.25, 0.3) is 0 Å². The predicted molar refractivity (Wildman–Crippen MR) is 94.0 cm³/mol. The molecule has 0 unspecified atom stereocenters. The van der Waals surface area contributed by atoms with Crippen molar-refractivity contribution in [2.24, 2.45) is 0 Å². The summed E-state index contributed by atoms with van der Waals surface area (Å²) in [5, 5.41) is 3.46. The van der Waals surface area contributed by atoms with Crippen molar-refractivity contribution in [2.45, 2.75) is 5.75 Å². The minimum atomic E-state index is -0.436. The molecule has 0 bridgehead atoms. The summed E-state index contributed by atoms with van der Waals surface area (Å²) in [6.45, 7) is 0. The van der Waals surface area contributed by atoms with E-state index in [1.165, 1.54) is 18.9 Å². The van der Waals surface area contributed by atoms with Crippen molar-refractivity contribution in [3.05, 3.63) is 64.7 Å². The highest BCUT2D eigenvalue weighted by Crippen LogP contribution is 2.21. The first-order valence-corrected chi connectivity index (χ1v) is 8.43. The lowest BCUT2D eigenvalue weighted by Gasteiger charge is -2.07. The molecular weight excluding hydrogens is 334 g/mol. The second kappa shape index (κ2) is 8.60. The van der Waals surface area contributed by atoms with E-state index in [-0.39, 0.29) is 5.91 Å². The number of rotatable bonds is 6. The number of amides is 1. The zero-order valence-electron chi connectivity index (χ0n) is 12.5. The maximum atomic E-state index is 12.0. The van der Waals surface area contributed by atoms with Crippen molar-refractivity contribution in [1.82, 2.24) is 0 Å². The fourth-order valence-electron chi connectivity index (χ4n) is 1.91. The molecule has 0 aromatic heterocycles. The van der Waals surface area contributed by atoms with Gasteiger partial charge in [0.2, 0.25) is 5.91 Å². The highest BCUT2D eigenvalue weighted by atomic mass is 35.5. The smallest absolute Gasteiger partial charge is 0.337 e. The Kier molecular flexibility index (Phi) is 6.50. The Hall–Kier alpha value is -1.98. The third-order valence-corrected chi connectivity index (χ3v) is 4.37. The van der Waals surface area contributed by atoms with Crippen LogP contribution in [-0.4, -0.2) is 24.7 Å². The van der Waals surface area contributed by atoms with Crippen molar-refractivity contribution in [3.63, 3.8) is 0 Å². The van der Waals surface area contributed by atoms with Crippen molar-refractivity contribution in [2.75, 3.05) is 18.2 Å². The van der Waals surface area contributed by atoms with E-state index >= 15 is 0 Å². The molecule has 0 aliphatic carbocycles. The Morgan fingerprint density at radius 3 is 2.70 bits per heavy atom. The second-order valence-corrected chi connectivity index (χ2v) is 6.10. The van der Waals surface area contributed by atoms with Crippen LogP contribution in [-0.2, 0) is 15.3 Å². The molecule has 1 N–H and O–H groups in total. The van der Waals surface area contributed by atoms with Gasteiger partial charge in [-0.1, -0.05) is 35.9 Å². The molecule has 2 rings (SSSR count). The van der Waals surface area contributed by atoms with E-state index in [1.807, 2.05) is 24.3 Å². The number of anilines is 1. The summed E-state index contributed by atoms with van der Waals surface area (Å²) in [5.74, 6) is 0.390. The van der Waals surface area contributed by atoms with Crippen LogP contribution in [0.3, 0.4) is 0 Å². The number of hydrogen-bond acceptors (Lipinski definition) is 4.